The molecule has 3 aromatic carbocycles. The molecule has 4 aromatic rings. The minimum Gasteiger partial charge on any atom is -0.441 e. The lowest BCUT2D eigenvalue weighted by Crippen LogP contribution is -1.84. The molecule has 0 bridgehead atoms. The largest absolute Gasteiger partial charge is 0.441 e. The van der Waals surface area contributed by atoms with Crippen LogP contribution in [0, 0.1) is 6.92 Å². The lowest BCUT2D eigenvalue weighted by molar-refractivity contribution is 0.561. The lowest BCUT2D eigenvalue weighted by Gasteiger charge is -2.07. The van der Waals surface area contributed by atoms with Gasteiger partial charge in [0.2, 0.25) is 0 Å². The van der Waals surface area contributed by atoms with Crippen LogP contribution in [0.2, 0.25) is 0 Å². The van der Waals surface area contributed by atoms with Crippen molar-refractivity contribution in [3.8, 4) is 22.3 Å². The molecule has 0 atom stereocenters. The minimum atomic E-state index is 0.692. The Kier molecular flexibility index (Phi) is 3.01. The average Bonchev–Trinajstić information content (AvgIpc) is 2.95. The summed E-state index contributed by atoms with van der Waals surface area (Å²) in [5.41, 5.74) is 6.33. The predicted octanol–water partition coefficient (Wildman–Crippen LogP) is 5.47. The van der Waals surface area contributed by atoms with Gasteiger partial charge in [0.05, 0.1) is 0 Å². The molecule has 0 amide bonds. The van der Waals surface area contributed by atoms with E-state index in [9.17, 15) is 0 Å². The van der Waals surface area contributed by atoms with Crippen molar-refractivity contribution in [3.63, 3.8) is 0 Å². The zero-order valence-electron chi connectivity index (χ0n) is 12.3. The average molecular weight is 285 g/mol. The number of hydrogen-bond donors (Lipinski definition) is 0. The van der Waals surface area contributed by atoms with E-state index in [1.807, 2.05) is 43.3 Å². The van der Waals surface area contributed by atoms with Crippen LogP contribution < -0.4 is 0 Å². The number of aromatic nitrogens is 1. The maximum Gasteiger partial charge on any atom is 0.192 e. The molecule has 0 aliphatic rings. The van der Waals surface area contributed by atoms with Crippen LogP contribution >= 0.6 is 0 Å². The van der Waals surface area contributed by atoms with Crippen LogP contribution in [0.3, 0.4) is 0 Å². The summed E-state index contributed by atoms with van der Waals surface area (Å²) in [5.74, 6) is 0.692. The third kappa shape index (κ3) is 2.19. The van der Waals surface area contributed by atoms with E-state index >= 15 is 0 Å². The van der Waals surface area contributed by atoms with Crippen LogP contribution in [-0.2, 0) is 0 Å². The molecule has 0 saturated carbocycles. The van der Waals surface area contributed by atoms with Gasteiger partial charge in [0.15, 0.2) is 11.5 Å². The van der Waals surface area contributed by atoms with Gasteiger partial charge in [-0.1, -0.05) is 60.7 Å². The van der Waals surface area contributed by atoms with Crippen molar-refractivity contribution >= 4 is 11.1 Å². The Morgan fingerprint density at radius 3 is 2.05 bits per heavy atom. The molecule has 1 aromatic heterocycles. The molecule has 0 N–H and O–H groups in total. The van der Waals surface area contributed by atoms with Gasteiger partial charge in [-0.15, -0.1) is 0 Å². The highest BCUT2D eigenvalue weighted by atomic mass is 16.3. The SMILES string of the molecule is Cc1nc2c(-c3ccccc3)cc(-c3ccccc3)cc2o1. The van der Waals surface area contributed by atoms with Crippen molar-refractivity contribution < 1.29 is 4.42 Å². The first-order valence-corrected chi connectivity index (χ1v) is 7.33. The second-order valence-corrected chi connectivity index (χ2v) is 5.34. The Morgan fingerprint density at radius 1 is 0.727 bits per heavy atom. The van der Waals surface area contributed by atoms with E-state index in [1.54, 1.807) is 0 Å². The number of benzene rings is 3. The molecule has 106 valence electrons. The van der Waals surface area contributed by atoms with E-state index in [0.717, 1.165) is 27.8 Å². The van der Waals surface area contributed by atoms with Gasteiger partial charge in [0.25, 0.3) is 0 Å². The molecule has 0 fully saturated rings. The number of rotatable bonds is 2. The van der Waals surface area contributed by atoms with Crippen molar-refractivity contribution in [2.75, 3.05) is 0 Å². The van der Waals surface area contributed by atoms with Gasteiger partial charge in [-0.25, -0.2) is 4.98 Å². The van der Waals surface area contributed by atoms with Gasteiger partial charge >= 0.3 is 0 Å². The van der Waals surface area contributed by atoms with Gasteiger partial charge in [-0.2, -0.15) is 0 Å². The topological polar surface area (TPSA) is 26.0 Å². The van der Waals surface area contributed by atoms with E-state index < -0.39 is 0 Å². The molecule has 0 radical (unpaired) electrons. The Morgan fingerprint density at radius 2 is 1.36 bits per heavy atom. The highest BCUT2D eigenvalue weighted by Gasteiger charge is 2.12. The van der Waals surface area contributed by atoms with Gasteiger partial charge < -0.3 is 4.42 Å². The summed E-state index contributed by atoms with van der Waals surface area (Å²) in [6.45, 7) is 1.89. The molecule has 0 aliphatic carbocycles. The predicted molar refractivity (Wildman–Crippen MR) is 89.6 cm³/mol. The summed E-state index contributed by atoms with van der Waals surface area (Å²) in [4.78, 5) is 4.56. The van der Waals surface area contributed by atoms with E-state index in [-0.39, 0.29) is 0 Å². The van der Waals surface area contributed by atoms with Crippen molar-refractivity contribution in [2.24, 2.45) is 0 Å². The van der Waals surface area contributed by atoms with Crippen molar-refractivity contribution in [1.82, 2.24) is 4.98 Å². The summed E-state index contributed by atoms with van der Waals surface area (Å²) in [6.07, 6.45) is 0. The minimum absolute atomic E-state index is 0.692. The first-order valence-electron chi connectivity index (χ1n) is 7.33. The Bertz CT molecular complexity index is 924. The molecule has 0 spiro atoms. The fourth-order valence-corrected chi connectivity index (χ4v) is 2.78. The second-order valence-electron chi connectivity index (χ2n) is 5.34. The molecular weight excluding hydrogens is 270 g/mol. The molecular formula is C20H15NO. The number of nitrogens with zero attached hydrogens (tertiary/aromatic N) is 1. The van der Waals surface area contributed by atoms with Crippen molar-refractivity contribution in [1.29, 1.82) is 0 Å². The summed E-state index contributed by atoms with van der Waals surface area (Å²) in [7, 11) is 0. The number of aryl methyl sites for hydroxylation is 1. The van der Waals surface area contributed by atoms with E-state index in [0.29, 0.717) is 5.89 Å². The van der Waals surface area contributed by atoms with E-state index in [4.69, 9.17) is 4.42 Å². The monoisotopic (exact) mass is 285 g/mol. The maximum atomic E-state index is 5.78. The van der Waals surface area contributed by atoms with Crippen LogP contribution in [-0.4, -0.2) is 4.98 Å². The quantitative estimate of drug-likeness (QED) is 0.488. The molecule has 4 rings (SSSR count). The van der Waals surface area contributed by atoms with Gasteiger partial charge in [0, 0.05) is 12.5 Å². The zero-order valence-corrected chi connectivity index (χ0v) is 12.3. The van der Waals surface area contributed by atoms with Gasteiger partial charge in [-0.3, -0.25) is 0 Å². The normalized spacial score (nSPS) is 11.0. The van der Waals surface area contributed by atoms with Crippen LogP contribution in [0.1, 0.15) is 5.89 Å². The van der Waals surface area contributed by atoms with Crippen LogP contribution in [0.4, 0.5) is 0 Å². The summed E-state index contributed by atoms with van der Waals surface area (Å²) in [6, 6.07) is 24.9. The highest BCUT2D eigenvalue weighted by Crippen LogP contribution is 2.34. The second kappa shape index (κ2) is 5.15. The first kappa shape index (κ1) is 12.8. The molecule has 0 saturated heterocycles. The molecule has 2 nitrogen and oxygen atoms in total. The third-order valence-corrected chi connectivity index (χ3v) is 3.79. The molecule has 1 heterocycles. The fourth-order valence-electron chi connectivity index (χ4n) is 2.78. The molecule has 0 aliphatic heterocycles. The van der Waals surface area contributed by atoms with Crippen molar-refractivity contribution in [2.45, 2.75) is 6.92 Å². The highest BCUT2D eigenvalue weighted by molar-refractivity contribution is 5.95. The summed E-state index contributed by atoms with van der Waals surface area (Å²) in [5, 5.41) is 0. The standard InChI is InChI=1S/C20H15NO/c1-14-21-20-18(16-10-6-3-7-11-16)12-17(13-19(20)22-14)15-8-4-2-5-9-15/h2-13H,1H3. The van der Waals surface area contributed by atoms with Gasteiger partial charge in [0.1, 0.15) is 5.52 Å². The maximum absolute atomic E-state index is 5.78. The van der Waals surface area contributed by atoms with Crippen LogP contribution in [0.5, 0.6) is 0 Å². The van der Waals surface area contributed by atoms with E-state index in [1.165, 1.54) is 5.56 Å². The number of fused-ring (bicyclic) bond motifs is 1. The van der Waals surface area contributed by atoms with Crippen LogP contribution in [0.15, 0.2) is 77.2 Å². The lowest BCUT2D eigenvalue weighted by atomic mass is 9.98. The summed E-state index contributed by atoms with van der Waals surface area (Å²) < 4.78 is 5.78. The fraction of sp³-hybridized carbons (Fsp3) is 0.0500. The zero-order chi connectivity index (χ0) is 14.9. The van der Waals surface area contributed by atoms with Crippen molar-refractivity contribution in [3.05, 3.63) is 78.7 Å². The van der Waals surface area contributed by atoms with E-state index in [2.05, 4.69) is 41.4 Å². The smallest absolute Gasteiger partial charge is 0.192 e. The number of hydrogen-bond acceptors (Lipinski definition) is 2. The number of oxazole rings is 1. The summed E-state index contributed by atoms with van der Waals surface area (Å²) >= 11 is 0. The Hall–Kier alpha value is -2.87. The molecule has 22 heavy (non-hydrogen) atoms. The Labute approximate surface area is 129 Å². The molecule has 0 unspecified atom stereocenters. The first-order chi connectivity index (χ1) is 10.8. The van der Waals surface area contributed by atoms with Crippen LogP contribution in [0.25, 0.3) is 33.4 Å². The third-order valence-electron chi connectivity index (χ3n) is 3.79. The molecule has 2 heteroatoms. The van der Waals surface area contributed by atoms with Gasteiger partial charge in [-0.05, 0) is 28.8 Å². The Balaban J connectivity index is 2.02.